The molecule has 84 valence electrons. The zero-order valence-corrected chi connectivity index (χ0v) is 10.1. The van der Waals surface area contributed by atoms with Crippen LogP contribution >= 0.6 is 11.3 Å². The van der Waals surface area contributed by atoms with E-state index < -0.39 is 0 Å². The van der Waals surface area contributed by atoms with E-state index in [0.29, 0.717) is 0 Å². The molecule has 1 aliphatic rings. The van der Waals surface area contributed by atoms with Crippen molar-refractivity contribution in [1.82, 2.24) is 10.3 Å². The van der Waals surface area contributed by atoms with Gasteiger partial charge in [0.1, 0.15) is 0 Å². The number of thiazole rings is 1. The monoisotopic (exact) mass is 232 g/mol. The van der Waals surface area contributed by atoms with Crippen molar-refractivity contribution in [3.8, 4) is 0 Å². The predicted molar refractivity (Wildman–Crippen MR) is 68.9 cm³/mol. The van der Waals surface area contributed by atoms with Gasteiger partial charge in [-0.3, -0.25) is 0 Å². The third-order valence-corrected chi connectivity index (χ3v) is 4.11. The third kappa shape index (κ3) is 2.11. The highest BCUT2D eigenvalue weighted by atomic mass is 32.1. The average molecular weight is 232 g/mol. The molecule has 1 aliphatic heterocycles. The molecule has 0 spiro atoms. The largest absolute Gasteiger partial charge is 0.316 e. The van der Waals surface area contributed by atoms with Gasteiger partial charge in [-0.05, 0) is 56.0 Å². The molecule has 3 heteroatoms. The summed E-state index contributed by atoms with van der Waals surface area (Å²) >= 11 is 1.74. The van der Waals surface area contributed by atoms with Crippen LogP contribution in [-0.2, 0) is 6.42 Å². The Morgan fingerprint density at radius 1 is 1.44 bits per heavy atom. The lowest BCUT2D eigenvalue weighted by Gasteiger charge is -2.22. The highest BCUT2D eigenvalue weighted by Gasteiger charge is 2.13. The van der Waals surface area contributed by atoms with Crippen LogP contribution in [0.2, 0.25) is 0 Å². The molecule has 0 radical (unpaired) electrons. The fourth-order valence-corrected chi connectivity index (χ4v) is 3.20. The van der Waals surface area contributed by atoms with Crippen LogP contribution in [-0.4, -0.2) is 18.1 Å². The lowest BCUT2D eigenvalue weighted by atomic mass is 9.92. The zero-order valence-electron chi connectivity index (χ0n) is 9.28. The number of hydrogen-bond donors (Lipinski definition) is 1. The lowest BCUT2D eigenvalue weighted by Crippen LogP contribution is -2.30. The SMILES string of the molecule is c1nc2ccc(CC3CCCNC3)cc2s1. The number of nitrogens with zero attached hydrogens (tertiary/aromatic N) is 1. The van der Waals surface area contributed by atoms with Gasteiger partial charge in [-0.15, -0.1) is 11.3 Å². The van der Waals surface area contributed by atoms with E-state index >= 15 is 0 Å². The van der Waals surface area contributed by atoms with Crippen LogP contribution in [0.25, 0.3) is 10.2 Å². The van der Waals surface area contributed by atoms with Crippen molar-refractivity contribution in [1.29, 1.82) is 0 Å². The van der Waals surface area contributed by atoms with Crippen molar-refractivity contribution < 1.29 is 0 Å². The first-order chi connectivity index (χ1) is 7.92. The van der Waals surface area contributed by atoms with E-state index in [0.717, 1.165) is 11.4 Å². The molecule has 1 atom stereocenters. The van der Waals surface area contributed by atoms with Gasteiger partial charge in [-0.2, -0.15) is 0 Å². The van der Waals surface area contributed by atoms with Crippen molar-refractivity contribution in [3.63, 3.8) is 0 Å². The zero-order chi connectivity index (χ0) is 10.8. The topological polar surface area (TPSA) is 24.9 Å². The van der Waals surface area contributed by atoms with Gasteiger partial charge < -0.3 is 5.32 Å². The van der Waals surface area contributed by atoms with Gasteiger partial charge in [0.25, 0.3) is 0 Å². The maximum absolute atomic E-state index is 4.31. The summed E-state index contributed by atoms with van der Waals surface area (Å²) in [7, 11) is 0. The molecule has 0 bridgehead atoms. The molecular formula is C13H16N2S. The van der Waals surface area contributed by atoms with Crippen LogP contribution in [0, 0.1) is 5.92 Å². The molecule has 0 amide bonds. The second-order valence-electron chi connectivity index (χ2n) is 4.57. The van der Waals surface area contributed by atoms with Gasteiger partial charge in [-0.25, -0.2) is 4.98 Å². The fraction of sp³-hybridized carbons (Fsp3) is 0.462. The van der Waals surface area contributed by atoms with Gasteiger partial charge in [0.15, 0.2) is 0 Å². The molecular weight excluding hydrogens is 216 g/mol. The Morgan fingerprint density at radius 2 is 2.44 bits per heavy atom. The van der Waals surface area contributed by atoms with Crippen molar-refractivity contribution in [2.24, 2.45) is 5.92 Å². The van der Waals surface area contributed by atoms with Crippen LogP contribution in [0.15, 0.2) is 23.7 Å². The van der Waals surface area contributed by atoms with E-state index in [1.165, 1.54) is 42.6 Å². The van der Waals surface area contributed by atoms with E-state index in [1.807, 2.05) is 5.51 Å². The average Bonchev–Trinajstić information content (AvgIpc) is 2.77. The van der Waals surface area contributed by atoms with Crippen molar-refractivity contribution in [2.75, 3.05) is 13.1 Å². The van der Waals surface area contributed by atoms with Gasteiger partial charge in [-0.1, -0.05) is 6.07 Å². The van der Waals surface area contributed by atoms with Gasteiger partial charge >= 0.3 is 0 Å². The highest BCUT2D eigenvalue weighted by Crippen LogP contribution is 2.22. The van der Waals surface area contributed by atoms with Crippen LogP contribution in [0.1, 0.15) is 18.4 Å². The summed E-state index contributed by atoms with van der Waals surface area (Å²) in [6.45, 7) is 2.38. The molecule has 1 fully saturated rings. The Morgan fingerprint density at radius 3 is 3.31 bits per heavy atom. The molecule has 2 heterocycles. The summed E-state index contributed by atoms with van der Waals surface area (Å²) in [6.07, 6.45) is 3.90. The van der Waals surface area contributed by atoms with Crippen LogP contribution < -0.4 is 5.32 Å². The van der Waals surface area contributed by atoms with Gasteiger partial charge in [0.05, 0.1) is 15.7 Å². The Labute approximate surface area is 99.7 Å². The third-order valence-electron chi connectivity index (χ3n) is 3.32. The summed E-state index contributed by atoms with van der Waals surface area (Å²) < 4.78 is 1.32. The predicted octanol–water partition coefficient (Wildman–Crippen LogP) is 2.84. The van der Waals surface area contributed by atoms with E-state index in [9.17, 15) is 0 Å². The van der Waals surface area contributed by atoms with Crippen molar-refractivity contribution in [3.05, 3.63) is 29.3 Å². The molecule has 2 nitrogen and oxygen atoms in total. The van der Waals surface area contributed by atoms with E-state index in [1.54, 1.807) is 11.3 Å². The standard InChI is InChI=1S/C13H16N2S/c1-2-11(8-14-5-1)6-10-3-4-12-13(7-10)16-9-15-12/h3-4,7,9,11,14H,1-2,5-6,8H2. The molecule has 2 aromatic rings. The number of benzene rings is 1. The summed E-state index contributed by atoms with van der Waals surface area (Å²) in [4.78, 5) is 4.31. The second kappa shape index (κ2) is 4.52. The maximum atomic E-state index is 4.31. The van der Waals surface area contributed by atoms with Crippen LogP contribution in [0.5, 0.6) is 0 Å². The van der Waals surface area contributed by atoms with Gasteiger partial charge in [0, 0.05) is 0 Å². The van der Waals surface area contributed by atoms with Crippen molar-refractivity contribution in [2.45, 2.75) is 19.3 Å². The number of rotatable bonds is 2. The number of piperidine rings is 1. The smallest absolute Gasteiger partial charge is 0.0812 e. The molecule has 3 rings (SSSR count). The van der Waals surface area contributed by atoms with Crippen LogP contribution in [0.4, 0.5) is 0 Å². The van der Waals surface area contributed by atoms with Crippen molar-refractivity contribution >= 4 is 21.6 Å². The first-order valence-corrected chi connectivity index (χ1v) is 6.82. The van der Waals surface area contributed by atoms with E-state index in [2.05, 4.69) is 28.5 Å². The van der Waals surface area contributed by atoms with E-state index in [-0.39, 0.29) is 0 Å². The summed E-state index contributed by atoms with van der Waals surface area (Å²) in [5.41, 5.74) is 4.53. The Kier molecular flexibility index (Phi) is 2.89. The molecule has 0 saturated carbocycles. The lowest BCUT2D eigenvalue weighted by molar-refractivity contribution is 0.376. The Bertz CT molecular complexity index is 471. The normalized spacial score (nSPS) is 21.4. The minimum absolute atomic E-state index is 0.819. The molecule has 1 aromatic carbocycles. The number of hydrogen-bond acceptors (Lipinski definition) is 3. The first-order valence-electron chi connectivity index (χ1n) is 5.95. The number of aromatic nitrogens is 1. The highest BCUT2D eigenvalue weighted by molar-refractivity contribution is 7.16. The summed E-state index contributed by atoms with van der Waals surface area (Å²) in [5, 5.41) is 3.48. The molecule has 1 saturated heterocycles. The fourth-order valence-electron chi connectivity index (χ4n) is 2.46. The molecule has 1 unspecified atom stereocenters. The van der Waals surface area contributed by atoms with Gasteiger partial charge in [0.2, 0.25) is 0 Å². The van der Waals surface area contributed by atoms with E-state index in [4.69, 9.17) is 0 Å². The quantitative estimate of drug-likeness (QED) is 0.861. The Balaban J connectivity index is 1.77. The molecule has 1 aromatic heterocycles. The maximum Gasteiger partial charge on any atom is 0.0812 e. The first kappa shape index (κ1) is 10.2. The van der Waals surface area contributed by atoms with Crippen LogP contribution in [0.3, 0.4) is 0 Å². The summed E-state index contributed by atoms with van der Waals surface area (Å²) in [5.74, 6) is 0.819. The molecule has 1 N–H and O–H groups in total. The number of fused-ring (bicyclic) bond motifs is 1. The summed E-state index contributed by atoms with van der Waals surface area (Å²) in [6, 6.07) is 6.69. The minimum atomic E-state index is 0.819. The Hall–Kier alpha value is -0.930. The molecule has 16 heavy (non-hydrogen) atoms. The molecule has 0 aliphatic carbocycles. The number of nitrogens with one attached hydrogen (secondary N) is 1. The minimum Gasteiger partial charge on any atom is -0.316 e. The second-order valence-corrected chi connectivity index (χ2v) is 5.46.